The van der Waals surface area contributed by atoms with Crippen molar-refractivity contribution in [2.75, 3.05) is 26.4 Å². The van der Waals surface area contributed by atoms with Gasteiger partial charge in [-0.25, -0.2) is 18.1 Å². The molecule has 0 radical (unpaired) electrons. The summed E-state index contributed by atoms with van der Waals surface area (Å²) in [4.78, 5) is 9.76. The Kier molecular flexibility index (Phi) is 12.8. The first-order valence-electron chi connectivity index (χ1n) is 26.9. The molecule has 4 aromatic carbocycles. The van der Waals surface area contributed by atoms with Crippen molar-refractivity contribution in [1.82, 2.24) is 49.1 Å². The second-order valence-electron chi connectivity index (χ2n) is 21.2. The summed E-state index contributed by atoms with van der Waals surface area (Å²) in [6.45, 7) is 12.8. The van der Waals surface area contributed by atoms with Crippen molar-refractivity contribution in [1.29, 1.82) is 0 Å². The Hall–Kier alpha value is -7.24. The molecule has 8 heterocycles. The van der Waals surface area contributed by atoms with Crippen LogP contribution in [0.1, 0.15) is 102 Å². The van der Waals surface area contributed by atoms with E-state index < -0.39 is 34.9 Å². The summed E-state index contributed by atoms with van der Waals surface area (Å²) in [5.74, 6) is -1.31. The van der Waals surface area contributed by atoms with E-state index in [1.54, 1.807) is 85.9 Å². The van der Waals surface area contributed by atoms with Crippen LogP contribution in [-0.2, 0) is 34.8 Å². The van der Waals surface area contributed by atoms with E-state index in [1.807, 2.05) is 85.6 Å². The van der Waals surface area contributed by atoms with Crippen molar-refractivity contribution in [3.63, 3.8) is 0 Å². The van der Waals surface area contributed by atoms with Crippen LogP contribution < -0.4 is 0 Å². The fraction of sp³-hybridized carbons (Fsp3) is 0.367. The molecule has 2 atom stereocenters. The van der Waals surface area contributed by atoms with Crippen molar-refractivity contribution >= 4 is 43.9 Å². The van der Waals surface area contributed by atoms with Crippen LogP contribution in [0.15, 0.2) is 109 Å². The lowest BCUT2D eigenvalue weighted by Gasteiger charge is -2.33. The molecule has 0 spiro atoms. The van der Waals surface area contributed by atoms with Crippen molar-refractivity contribution in [3.8, 4) is 22.5 Å². The average Bonchev–Trinajstić information content (AvgIpc) is 4.22. The molecule has 0 saturated carbocycles. The minimum absolute atomic E-state index is 0.225. The first-order chi connectivity index (χ1) is 37.2. The van der Waals surface area contributed by atoms with Crippen LogP contribution in [0.4, 0.5) is 8.78 Å². The van der Waals surface area contributed by atoms with Gasteiger partial charge in [-0.1, -0.05) is 71.1 Å². The number of ether oxygens (including phenoxy) is 2. The van der Waals surface area contributed by atoms with E-state index in [4.69, 9.17) is 19.4 Å². The van der Waals surface area contributed by atoms with Crippen LogP contribution in [0, 0.1) is 37.3 Å². The number of hydrogen-bond acceptors (Lipinski definition) is 10. The van der Waals surface area contributed by atoms with Gasteiger partial charge in [0, 0.05) is 85.9 Å². The van der Waals surface area contributed by atoms with Gasteiger partial charge in [-0.2, -0.15) is 0 Å². The predicted molar refractivity (Wildman–Crippen MR) is 291 cm³/mol. The lowest BCUT2D eigenvalue weighted by atomic mass is 9.86. The van der Waals surface area contributed by atoms with E-state index in [0.717, 1.165) is 55.7 Å². The lowest BCUT2D eigenvalue weighted by molar-refractivity contribution is 0.0547. The Morgan fingerprint density at radius 1 is 0.566 bits per heavy atom. The van der Waals surface area contributed by atoms with Gasteiger partial charge in [0.25, 0.3) is 0 Å². The van der Waals surface area contributed by atoms with Crippen molar-refractivity contribution < 1.29 is 31.2 Å². The largest absolute Gasteiger partial charge is 0.386 e. The van der Waals surface area contributed by atoms with Gasteiger partial charge < -0.3 is 28.8 Å². The Morgan fingerprint density at radius 2 is 0.947 bits per heavy atom. The van der Waals surface area contributed by atoms with E-state index >= 15 is 8.78 Å². The third kappa shape index (κ3) is 9.24. The van der Waals surface area contributed by atoms with E-state index in [1.165, 1.54) is 12.1 Å². The third-order valence-corrected chi connectivity index (χ3v) is 15.2. The fourth-order valence-corrected chi connectivity index (χ4v) is 11.3. The molecule has 6 aromatic heterocycles. The number of fused-ring (bicyclic) bond motifs is 6. The third-order valence-electron chi connectivity index (χ3n) is 15.2. The summed E-state index contributed by atoms with van der Waals surface area (Å²) < 4.78 is 70.4. The highest BCUT2D eigenvalue weighted by Gasteiger charge is 2.35. The normalized spacial score (nSPS) is 17.2. The zero-order chi connectivity index (χ0) is 55.1. The van der Waals surface area contributed by atoms with Gasteiger partial charge in [0.15, 0.2) is 0 Å². The Bertz CT molecular complexity index is 3610. The van der Waals surface area contributed by atoms with E-state index in [9.17, 15) is 13.0 Å². The van der Waals surface area contributed by atoms with Gasteiger partial charge in [-0.15, -0.1) is 10.2 Å². The number of nitrogens with zero attached hydrogens (tertiary/aromatic N) is 10. The average molecular weight is 1030 g/mol. The van der Waals surface area contributed by atoms with E-state index in [0.29, 0.717) is 96.4 Å². The molecule has 0 bridgehead atoms. The van der Waals surface area contributed by atoms with Crippen LogP contribution in [0.5, 0.6) is 0 Å². The summed E-state index contributed by atoms with van der Waals surface area (Å²) in [5.41, 5.74) is 8.87. The summed E-state index contributed by atoms with van der Waals surface area (Å²) in [5, 5.41) is 40.2. The minimum atomic E-state index is -1.51. The molecule has 10 aromatic rings. The van der Waals surface area contributed by atoms with Gasteiger partial charge >= 0.3 is 0 Å². The molecule has 0 aliphatic carbocycles. The number of aromatic nitrogens is 10. The monoisotopic (exact) mass is 1030 g/mol. The molecular weight excluding hydrogens is 963 g/mol. The molecule has 14 nitrogen and oxygen atoms in total. The maximum Gasteiger partial charge on any atom is 0.128 e. The van der Waals surface area contributed by atoms with Crippen molar-refractivity contribution in [2.45, 2.75) is 90.5 Å². The highest BCUT2D eigenvalue weighted by molar-refractivity contribution is 6.08. The Balaban J connectivity index is 0.000000165. The number of rotatable bonds is 10. The molecule has 2 N–H and O–H groups in total. The number of pyridine rings is 2. The first-order valence-corrected chi connectivity index (χ1v) is 25.9. The second kappa shape index (κ2) is 20.0. The number of aliphatic hydroxyl groups is 2. The highest BCUT2D eigenvalue weighted by Crippen LogP contribution is 2.45. The van der Waals surface area contributed by atoms with Gasteiger partial charge in [0.2, 0.25) is 0 Å². The predicted octanol–water partition coefficient (Wildman–Crippen LogP) is 11.4. The zero-order valence-corrected chi connectivity index (χ0v) is 44.1. The molecule has 392 valence electrons. The number of halogens is 2. The molecular formula is C60H64F2N10O4. The van der Waals surface area contributed by atoms with Gasteiger partial charge in [0.05, 0.1) is 81.9 Å². The van der Waals surface area contributed by atoms with Crippen LogP contribution in [0.3, 0.4) is 0 Å². The van der Waals surface area contributed by atoms with Gasteiger partial charge in [0.1, 0.15) is 11.6 Å². The molecule has 16 heteroatoms. The molecule has 2 saturated heterocycles. The molecule has 12 rings (SSSR count). The molecule has 2 aliphatic heterocycles. The molecule has 76 heavy (non-hydrogen) atoms. The topological polar surface area (TPSA) is 156 Å². The van der Waals surface area contributed by atoms with Crippen molar-refractivity contribution in [3.05, 3.63) is 155 Å². The standard InChI is InChI=1S/2C30H32FN5O2/c2*1-18-28(35(4)34-33-18)20-15-26-27(32-17-20)23-10-9-21(30(2,3)37)16-25(23)36(26)29(19-11-13-38-14-12-19)22-7-5-6-8-24(22)31/h2*5-10,15-17,19,29,37H,11-14H2,1-4H3/t2*29-/m10/s1/i2*29D. The SMILES string of the molecule is [2H][C@@](c1ccccc1F)(C1CCOCC1)n1c2cc(C(C)(C)O)ccc2c2ncc(-c3c(C)nnn3C)cc21.[2H][C@](c1ccccc1F)(C1CCOCC1)n1c2cc(C(C)(C)O)ccc2c2ncc(-c3c(C)nnn3C)cc21. The van der Waals surface area contributed by atoms with Gasteiger partial charge in [-0.05, 0) is 127 Å². The number of hydrogen-bond donors (Lipinski definition) is 2. The molecule has 2 aliphatic rings. The summed E-state index contributed by atoms with van der Waals surface area (Å²) in [7, 11) is 3.67. The quantitative estimate of drug-likeness (QED) is 0.135. The van der Waals surface area contributed by atoms with Crippen molar-refractivity contribution in [2.24, 2.45) is 25.9 Å². The minimum Gasteiger partial charge on any atom is -0.386 e. The highest BCUT2D eigenvalue weighted by atomic mass is 19.1. The molecule has 2 fully saturated rings. The fourth-order valence-electron chi connectivity index (χ4n) is 11.3. The smallest absolute Gasteiger partial charge is 0.128 e. The summed E-state index contributed by atoms with van der Waals surface area (Å²) >= 11 is 0. The number of benzene rings is 4. The maximum absolute atomic E-state index is 15.7. The van der Waals surface area contributed by atoms with E-state index in [-0.39, 0.29) is 11.8 Å². The maximum atomic E-state index is 15.7. The Labute approximate surface area is 442 Å². The molecule has 0 unspecified atom stereocenters. The zero-order valence-electron chi connectivity index (χ0n) is 46.1. The van der Waals surface area contributed by atoms with Crippen LogP contribution >= 0.6 is 0 Å². The van der Waals surface area contributed by atoms with Gasteiger partial charge in [-0.3, -0.25) is 9.97 Å². The van der Waals surface area contributed by atoms with E-state index in [2.05, 4.69) is 20.6 Å². The first kappa shape index (κ1) is 48.4. The lowest BCUT2D eigenvalue weighted by Crippen LogP contribution is -2.27. The summed E-state index contributed by atoms with van der Waals surface area (Å²) in [6, 6.07) is 25.6. The van der Waals surface area contributed by atoms with Crippen LogP contribution in [-0.4, -0.2) is 85.7 Å². The van der Waals surface area contributed by atoms with Crippen LogP contribution in [0.25, 0.3) is 66.4 Å². The Morgan fingerprint density at radius 3 is 1.29 bits per heavy atom. The second-order valence-corrected chi connectivity index (χ2v) is 21.2. The van der Waals surface area contributed by atoms with Crippen LogP contribution in [0.2, 0.25) is 0 Å². The number of aryl methyl sites for hydroxylation is 4. The molecule has 0 amide bonds. The summed E-state index contributed by atoms with van der Waals surface area (Å²) in [6.07, 6.45) is 6.05.